The van der Waals surface area contributed by atoms with Gasteiger partial charge >= 0.3 is 0 Å². The smallest absolute Gasteiger partial charge is 0.263 e. The lowest BCUT2D eigenvalue weighted by Gasteiger charge is -2.32. The van der Waals surface area contributed by atoms with Crippen LogP contribution in [0.2, 0.25) is 0 Å². The minimum Gasteiger partial charge on any atom is -0.315 e. The zero-order valence-corrected chi connectivity index (χ0v) is 14.0. The second-order valence-electron chi connectivity index (χ2n) is 7.05. The number of fused-ring (bicyclic) bond motifs is 1. The van der Waals surface area contributed by atoms with Crippen LogP contribution in [0.3, 0.4) is 0 Å². The Balaban J connectivity index is 1.96. The summed E-state index contributed by atoms with van der Waals surface area (Å²) in [7, 11) is 1.70. The zero-order valence-electron chi connectivity index (χ0n) is 14.0. The summed E-state index contributed by atoms with van der Waals surface area (Å²) in [5.41, 5.74) is 1.94. The Morgan fingerprint density at radius 1 is 1.38 bits per heavy atom. The largest absolute Gasteiger partial charge is 0.315 e. The number of nitrogens with one attached hydrogen (secondary N) is 1. The third kappa shape index (κ3) is 3.09. The van der Waals surface area contributed by atoms with E-state index in [0.29, 0.717) is 0 Å². The van der Waals surface area contributed by atoms with Gasteiger partial charge < -0.3 is 9.88 Å². The minimum atomic E-state index is -0.527. The quantitative estimate of drug-likeness (QED) is 0.921. The maximum atomic E-state index is 12.9. The zero-order chi connectivity index (χ0) is 17.5. The Morgan fingerprint density at radius 3 is 2.79 bits per heavy atom. The number of hydrogen-bond acceptors (Lipinski definition) is 3. The van der Waals surface area contributed by atoms with Crippen LogP contribution < -0.4 is 10.9 Å². The van der Waals surface area contributed by atoms with Crippen molar-refractivity contribution in [2.75, 3.05) is 5.32 Å². The van der Waals surface area contributed by atoms with Gasteiger partial charge in [-0.1, -0.05) is 13.8 Å². The van der Waals surface area contributed by atoms with E-state index < -0.39 is 11.7 Å². The summed E-state index contributed by atoms with van der Waals surface area (Å²) in [6.45, 7) is 4.37. The molecule has 0 unspecified atom stereocenters. The van der Waals surface area contributed by atoms with Gasteiger partial charge in [0.15, 0.2) is 0 Å². The van der Waals surface area contributed by atoms with Crippen LogP contribution in [-0.2, 0) is 19.9 Å². The Bertz CT molecular complexity index is 854. The van der Waals surface area contributed by atoms with Crippen LogP contribution in [0.5, 0.6) is 0 Å². The highest BCUT2D eigenvalue weighted by Gasteiger charge is 2.28. The minimum absolute atomic E-state index is 0.0834. The Kier molecular flexibility index (Phi) is 3.99. The first-order valence-electron chi connectivity index (χ1n) is 7.91. The van der Waals surface area contributed by atoms with E-state index in [1.165, 1.54) is 12.1 Å². The standard InChI is InChI=1S/C18H20FN3O2/c1-18(2)7-6-14-11(9-18)8-13(17(24)22(14)3)16(23)21-15-5-4-12(19)10-20-15/h4-5,8,10H,6-7,9H2,1-3H3,(H,20,21,23). The second-order valence-corrected chi connectivity index (χ2v) is 7.05. The molecular weight excluding hydrogens is 309 g/mol. The number of carbonyl (C=O) groups excluding carboxylic acids is 1. The lowest BCUT2D eigenvalue weighted by molar-refractivity contribution is 0.102. The van der Waals surface area contributed by atoms with Crippen molar-refractivity contribution in [3.05, 3.63) is 57.4 Å². The average Bonchev–Trinajstić information content (AvgIpc) is 2.52. The normalized spacial score (nSPS) is 15.7. The first-order chi connectivity index (χ1) is 11.3. The molecular formula is C18H20FN3O2. The molecule has 3 rings (SSSR count). The molecule has 0 bridgehead atoms. The van der Waals surface area contributed by atoms with Gasteiger partial charge in [-0.15, -0.1) is 0 Å². The van der Waals surface area contributed by atoms with Crippen LogP contribution in [0, 0.1) is 11.2 Å². The molecule has 1 aliphatic carbocycles. The molecule has 0 atom stereocenters. The Hall–Kier alpha value is -2.50. The molecule has 0 fully saturated rings. The summed E-state index contributed by atoms with van der Waals surface area (Å²) in [6, 6.07) is 4.26. The van der Waals surface area contributed by atoms with E-state index in [2.05, 4.69) is 24.1 Å². The summed E-state index contributed by atoms with van der Waals surface area (Å²) in [5, 5.41) is 2.55. The fourth-order valence-electron chi connectivity index (χ4n) is 3.18. The predicted molar refractivity (Wildman–Crippen MR) is 89.6 cm³/mol. The number of rotatable bonds is 2. The molecule has 5 nitrogen and oxygen atoms in total. The molecule has 2 heterocycles. The first-order valence-corrected chi connectivity index (χ1v) is 7.91. The van der Waals surface area contributed by atoms with Crippen LogP contribution >= 0.6 is 0 Å². The maximum Gasteiger partial charge on any atom is 0.263 e. The molecule has 6 heteroatoms. The van der Waals surface area contributed by atoms with Gasteiger partial charge in [-0.05, 0) is 48.4 Å². The van der Waals surface area contributed by atoms with Crippen molar-refractivity contribution in [1.29, 1.82) is 0 Å². The van der Waals surface area contributed by atoms with Gasteiger partial charge in [0.1, 0.15) is 17.2 Å². The van der Waals surface area contributed by atoms with E-state index >= 15 is 0 Å². The lowest BCUT2D eigenvalue weighted by Crippen LogP contribution is -2.34. The number of hydrogen-bond donors (Lipinski definition) is 1. The van der Waals surface area contributed by atoms with Crippen molar-refractivity contribution >= 4 is 11.7 Å². The van der Waals surface area contributed by atoms with Crippen LogP contribution in [0.1, 0.15) is 41.9 Å². The molecule has 0 aromatic carbocycles. The molecule has 2 aromatic heterocycles. The van der Waals surface area contributed by atoms with Gasteiger partial charge in [-0.25, -0.2) is 9.37 Å². The fourth-order valence-corrected chi connectivity index (χ4v) is 3.18. The van der Waals surface area contributed by atoms with E-state index in [0.717, 1.165) is 36.7 Å². The lowest BCUT2D eigenvalue weighted by atomic mass is 9.75. The van der Waals surface area contributed by atoms with Crippen LogP contribution in [-0.4, -0.2) is 15.5 Å². The number of pyridine rings is 2. The van der Waals surface area contributed by atoms with Gasteiger partial charge in [-0.3, -0.25) is 9.59 Å². The molecule has 0 saturated carbocycles. The highest BCUT2D eigenvalue weighted by atomic mass is 19.1. The maximum absolute atomic E-state index is 12.9. The summed E-state index contributed by atoms with van der Waals surface area (Å²) in [5.74, 6) is -0.803. The van der Waals surface area contributed by atoms with Crippen molar-refractivity contribution in [2.45, 2.75) is 33.1 Å². The molecule has 1 N–H and O–H groups in total. The monoisotopic (exact) mass is 329 g/mol. The highest BCUT2D eigenvalue weighted by molar-refractivity contribution is 6.03. The second kappa shape index (κ2) is 5.85. The van der Waals surface area contributed by atoms with E-state index in [1.54, 1.807) is 17.7 Å². The van der Waals surface area contributed by atoms with Gasteiger partial charge in [0.2, 0.25) is 0 Å². The van der Waals surface area contributed by atoms with E-state index in [4.69, 9.17) is 0 Å². The topological polar surface area (TPSA) is 64.0 Å². The van der Waals surface area contributed by atoms with Crippen molar-refractivity contribution in [3.8, 4) is 0 Å². The number of amides is 1. The molecule has 1 amide bonds. The molecule has 126 valence electrons. The van der Waals surface area contributed by atoms with E-state index in [9.17, 15) is 14.0 Å². The third-order valence-corrected chi connectivity index (χ3v) is 4.55. The number of anilines is 1. The third-order valence-electron chi connectivity index (χ3n) is 4.55. The van der Waals surface area contributed by atoms with Crippen molar-refractivity contribution in [1.82, 2.24) is 9.55 Å². The summed E-state index contributed by atoms with van der Waals surface area (Å²) < 4.78 is 14.5. The Morgan fingerprint density at radius 2 is 2.12 bits per heavy atom. The molecule has 0 saturated heterocycles. The molecule has 2 aromatic rings. The Labute approximate surface area is 139 Å². The number of halogens is 1. The van der Waals surface area contributed by atoms with Crippen LogP contribution in [0.25, 0.3) is 0 Å². The molecule has 0 spiro atoms. The van der Waals surface area contributed by atoms with Crippen molar-refractivity contribution in [3.63, 3.8) is 0 Å². The van der Waals surface area contributed by atoms with Crippen molar-refractivity contribution in [2.24, 2.45) is 12.5 Å². The van der Waals surface area contributed by atoms with Crippen LogP contribution in [0.15, 0.2) is 29.2 Å². The van der Waals surface area contributed by atoms with Gasteiger partial charge in [0.25, 0.3) is 11.5 Å². The van der Waals surface area contributed by atoms with Crippen LogP contribution in [0.4, 0.5) is 10.2 Å². The van der Waals surface area contributed by atoms with E-state index in [1.807, 2.05) is 0 Å². The number of nitrogens with zero attached hydrogens (tertiary/aromatic N) is 2. The SMILES string of the molecule is Cn1c2c(cc(C(=O)Nc3ccc(F)cn3)c1=O)CC(C)(C)CC2. The fraction of sp³-hybridized carbons (Fsp3) is 0.389. The summed E-state index contributed by atoms with van der Waals surface area (Å²) in [4.78, 5) is 28.8. The van der Waals surface area contributed by atoms with Crippen molar-refractivity contribution < 1.29 is 9.18 Å². The highest BCUT2D eigenvalue weighted by Crippen LogP contribution is 2.34. The molecule has 1 aliphatic rings. The van der Waals surface area contributed by atoms with Gasteiger partial charge in [0, 0.05) is 12.7 Å². The predicted octanol–water partition coefficient (Wildman–Crippen LogP) is 2.69. The first kappa shape index (κ1) is 16.4. The summed E-state index contributed by atoms with van der Waals surface area (Å²) in [6.07, 6.45) is 3.68. The molecule has 24 heavy (non-hydrogen) atoms. The average molecular weight is 329 g/mol. The van der Waals surface area contributed by atoms with E-state index in [-0.39, 0.29) is 22.4 Å². The number of aromatic nitrogens is 2. The van der Waals surface area contributed by atoms with Gasteiger partial charge in [0.05, 0.1) is 6.20 Å². The molecule has 0 aliphatic heterocycles. The molecule has 0 radical (unpaired) electrons. The summed E-state index contributed by atoms with van der Waals surface area (Å²) >= 11 is 0. The van der Waals surface area contributed by atoms with Gasteiger partial charge in [-0.2, -0.15) is 0 Å². The number of carbonyl (C=O) groups is 1.